The number of carbonyl (C=O) groups excluding carboxylic acids is 1. The Kier molecular flexibility index (Phi) is 4.39. The number of ether oxygens (including phenoxy) is 2. The van der Waals surface area contributed by atoms with E-state index in [1.807, 2.05) is 34.6 Å². The minimum atomic E-state index is -0.758. The Balaban J connectivity index is 4.19. The minimum absolute atomic E-state index is 0.239. The maximum absolute atomic E-state index is 10.6. The first-order valence-corrected chi connectivity index (χ1v) is 4.81. The van der Waals surface area contributed by atoms with Crippen LogP contribution in [0.15, 0.2) is 0 Å². The summed E-state index contributed by atoms with van der Waals surface area (Å²) in [7, 11) is 0. The number of hydrogen-bond donors (Lipinski definition) is 1. The lowest BCUT2D eigenvalue weighted by molar-refractivity contribution is -0.0941. The van der Waals surface area contributed by atoms with Gasteiger partial charge >= 0.3 is 6.09 Å². The van der Waals surface area contributed by atoms with E-state index in [-0.39, 0.29) is 5.60 Å². The zero-order chi connectivity index (χ0) is 11.4. The van der Waals surface area contributed by atoms with E-state index in [9.17, 15) is 4.79 Å². The molecule has 2 N–H and O–H groups in total. The highest BCUT2D eigenvalue weighted by molar-refractivity contribution is 5.65. The smallest absolute Gasteiger partial charge is 0.405 e. The fraction of sp³-hybridized carbons (Fsp3) is 0.900. The van der Waals surface area contributed by atoms with Crippen molar-refractivity contribution in [3.63, 3.8) is 0 Å². The van der Waals surface area contributed by atoms with Crippen LogP contribution in [0, 0.1) is 0 Å². The summed E-state index contributed by atoms with van der Waals surface area (Å²) < 4.78 is 10.5. The zero-order valence-electron chi connectivity index (χ0n) is 9.72. The van der Waals surface area contributed by atoms with Gasteiger partial charge in [0.25, 0.3) is 0 Å². The van der Waals surface area contributed by atoms with Crippen molar-refractivity contribution in [1.82, 2.24) is 0 Å². The van der Waals surface area contributed by atoms with Crippen molar-refractivity contribution in [3.05, 3.63) is 0 Å². The Morgan fingerprint density at radius 3 is 2.07 bits per heavy atom. The van der Waals surface area contributed by atoms with E-state index in [4.69, 9.17) is 15.2 Å². The van der Waals surface area contributed by atoms with Gasteiger partial charge in [-0.3, -0.25) is 0 Å². The molecule has 4 heteroatoms. The molecule has 4 nitrogen and oxygen atoms in total. The molecular weight excluding hydrogens is 182 g/mol. The third kappa shape index (κ3) is 5.80. The first kappa shape index (κ1) is 13.2. The average Bonchev–Trinajstić information content (AvgIpc) is 1.99. The normalized spacial score (nSPS) is 16.1. The lowest BCUT2D eigenvalue weighted by Crippen LogP contribution is -2.40. The monoisotopic (exact) mass is 203 g/mol. The van der Waals surface area contributed by atoms with Crippen molar-refractivity contribution in [2.75, 3.05) is 6.61 Å². The van der Waals surface area contributed by atoms with Gasteiger partial charge in [0.05, 0.1) is 12.2 Å². The van der Waals surface area contributed by atoms with Crippen molar-refractivity contribution in [2.24, 2.45) is 5.73 Å². The van der Waals surface area contributed by atoms with Crippen molar-refractivity contribution in [3.8, 4) is 0 Å². The van der Waals surface area contributed by atoms with Crippen LogP contribution in [0.1, 0.15) is 41.0 Å². The lowest BCUT2D eigenvalue weighted by Gasteiger charge is -2.31. The molecule has 0 heterocycles. The fourth-order valence-electron chi connectivity index (χ4n) is 0.816. The molecule has 0 bridgehead atoms. The van der Waals surface area contributed by atoms with Crippen LogP contribution >= 0.6 is 0 Å². The Morgan fingerprint density at radius 2 is 1.79 bits per heavy atom. The summed E-state index contributed by atoms with van der Waals surface area (Å²) in [6, 6.07) is 0. The first-order chi connectivity index (χ1) is 6.18. The predicted octanol–water partition coefficient (Wildman–Crippen LogP) is 2.07. The molecule has 0 aliphatic heterocycles. The summed E-state index contributed by atoms with van der Waals surface area (Å²) >= 11 is 0. The summed E-state index contributed by atoms with van der Waals surface area (Å²) in [5.41, 5.74) is 4.11. The highest BCUT2D eigenvalue weighted by Gasteiger charge is 2.28. The molecule has 0 saturated heterocycles. The quantitative estimate of drug-likeness (QED) is 0.760. The SMILES string of the molecule is CCC(C)(COC(C)(C)C)OC(N)=O. The van der Waals surface area contributed by atoms with Crippen LogP contribution in [-0.2, 0) is 9.47 Å². The second kappa shape index (κ2) is 4.64. The van der Waals surface area contributed by atoms with E-state index in [0.29, 0.717) is 13.0 Å². The van der Waals surface area contributed by atoms with Gasteiger partial charge in [-0.05, 0) is 34.1 Å². The topological polar surface area (TPSA) is 61.6 Å². The molecule has 0 fully saturated rings. The molecule has 84 valence electrons. The molecule has 0 saturated carbocycles. The largest absolute Gasteiger partial charge is 0.441 e. The van der Waals surface area contributed by atoms with Crippen molar-refractivity contribution < 1.29 is 14.3 Å². The van der Waals surface area contributed by atoms with Crippen LogP contribution in [0.25, 0.3) is 0 Å². The molecule has 1 unspecified atom stereocenters. The second-order valence-corrected chi connectivity index (χ2v) is 4.63. The summed E-state index contributed by atoms with van der Waals surface area (Å²) in [6.45, 7) is 9.95. The number of amides is 1. The van der Waals surface area contributed by atoms with Gasteiger partial charge in [-0.15, -0.1) is 0 Å². The average molecular weight is 203 g/mol. The van der Waals surface area contributed by atoms with Crippen LogP contribution in [0.5, 0.6) is 0 Å². The second-order valence-electron chi connectivity index (χ2n) is 4.63. The Hall–Kier alpha value is -0.770. The number of primary amides is 1. The molecule has 0 aliphatic carbocycles. The molecule has 0 aromatic heterocycles. The van der Waals surface area contributed by atoms with Gasteiger partial charge in [0.2, 0.25) is 0 Å². The van der Waals surface area contributed by atoms with Gasteiger partial charge in [-0.1, -0.05) is 6.92 Å². The summed E-state index contributed by atoms with van der Waals surface area (Å²) in [5.74, 6) is 0. The lowest BCUT2D eigenvalue weighted by atomic mass is 10.0. The third-order valence-electron chi connectivity index (χ3n) is 1.91. The molecule has 14 heavy (non-hydrogen) atoms. The van der Waals surface area contributed by atoms with Gasteiger partial charge in [0.1, 0.15) is 5.60 Å². The van der Waals surface area contributed by atoms with E-state index in [1.54, 1.807) is 0 Å². The highest BCUT2D eigenvalue weighted by atomic mass is 16.6. The summed E-state index contributed by atoms with van der Waals surface area (Å²) in [4.78, 5) is 10.6. The van der Waals surface area contributed by atoms with Crippen LogP contribution in [-0.4, -0.2) is 23.9 Å². The molecule has 1 amide bonds. The summed E-state index contributed by atoms with van der Waals surface area (Å²) in [6.07, 6.45) is -0.0849. The maximum atomic E-state index is 10.6. The molecule has 0 aliphatic rings. The van der Waals surface area contributed by atoms with Crippen LogP contribution in [0.3, 0.4) is 0 Å². The van der Waals surface area contributed by atoms with Crippen molar-refractivity contribution in [1.29, 1.82) is 0 Å². The molecule has 1 atom stereocenters. The molecule has 0 rings (SSSR count). The highest BCUT2D eigenvalue weighted by Crippen LogP contribution is 2.19. The van der Waals surface area contributed by atoms with Gasteiger partial charge in [-0.25, -0.2) is 4.79 Å². The van der Waals surface area contributed by atoms with Crippen LogP contribution in [0.2, 0.25) is 0 Å². The third-order valence-corrected chi connectivity index (χ3v) is 1.91. The Morgan fingerprint density at radius 1 is 1.29 bits per heavy atom. The van der Waals surface area contributed by atoms with Crippen LogP contribution in [0.4, 0.5) is 4.79 Å². The van der Waals surface area contributed by atoms with E-state index < -0.39 is 11.7 Å². The Labute approximate surface area is 85.8 Å². The van der Waals surface area contributed by atoms with Crippen molar-refractivity contribution >= 4 is 6.09 Å². The van der Waals surface area contributed by atoms with E-state index in [2.05, 4.69) is 0 Å². The molecule has 0 radical (unpaired) electrons. The number of hydrogen-bond acceptors (Lipinski definition) is 3. The van der Waals surface area contributed by atoms with Gasteiger partial charge in [-0.2, -0.15) is 0 Å². The first-order valence-electron chi connectivity index (χ1n) is 4.81. The Bertz CT molecular complexity index is 198. The standard InChI is InChI=1S/C10H21NO3/c1-6-10(5,14-8(11)12)7-13-9(2,3)4/h6-7H2,1-5H3,(H2,11,12). The van der Waals surface area contributed by atoms with Gasteiger partial charge in [0, 0.05) is 0 Å². The van der Waals surface area contributed by atoms with E-state index >= 15 is 0 Å². The fourth-order valence-corrected chi connectivity index (χ4v) is 0.816. The minimum Gasteiger partial charge on any atom is -0.441 e. The van der Waals surface area contributed by atoms with E-state index in [1.165, 1.54) is 0 Å². The molecule has 0 aromatic carbocycles. The van der Waals surface area contributed by atoms with Gasteiger partial charge in [0.15, 0.2) is 0 Å². The zero-order valence-corrected chi connectivity index (χ0v) is 9.72. The summed E-state index contributed by atoms with van der Waals surface area (Å²) in [5, 5.41) is 0. The predicted molar refractivity (Wildman–Crippen MR) is 55.1 cm³/mol. The molecule has 0 spiro atoms. The maximum Gasteiger partial charge on any atom is 0.405 e. The molecular formula is C10H21NO3. The molecule has 0 aromatic rings. The number of carbonyl (C=O) groups is 1. The number of nitrogens with two attached hydrogens (primary N) is 1. The number of rotatable bonds is 4. The van der Waals surface area contributed by atoms with E-state index in [0.717, 1.165) is 0 Å². The van der Waals surface area contributed by atoms with Crippen LogP contribution < -0.4 is 5.73 Å². The van der Waals surface area contributed by atoms with Crippen molar-refractivity contribution in [2.45, 2.75) is 52.2 Å². The van der Waals surface area contributed by atoms with Gasteiger partial charge < -0.3 is 15.2 Å².